The molecule has 0 aromatic heterocycles. The summed E-state index contributed by atoms with van der Waals surface area (Å²) in [6.07, 6.45) is 0.786. The number of amides is 1. The van der Waals surface area contributed by atoms with Gasteiger partial charge in [-0.2, -0.15) is 4.31 Å². The van der Waals surface area contributed by atoms with Gasteiger partial charge in [0.1, 0.15) is 23.9 Å². The minimum atomic E-state index is -3.92. The fourth-order valence-corrected chi connectivity index (χ4v) is 5.70. The number of benzene rings is 2. The molecule has 0 unspecified atom stereocenters. The van der Waals surface area contributed by atoms with Crippen LogP contribution in [0.1, 0.15) is 32.3 Å². The average Bonchev–Trinajstić information content (AvgIpc) is 2.82. The number of hydrogen-bond acceptors (Lipinski definition) is 5. The van der Waals surface area contributed by atoms with Crippen LogP contribution in [0.4, 0.5) is 4.39 Å². The van der Waals surface area contributed by atoms with E-state index in [1.54, 1.807) is 0 Å². The molecule has 178 valence electrons. The lowest BCUT2D eigenvalue weighted by molar-refractivity contribution is -0.126. The molecule has 0 spiro atoms. The predicted octanol–water partition coefficient (Wildman–Crippen LogP) is 3.09. The smallest absolute Gasteiger partial charge is 0.245 e. The summed E-state index contributed by atoms with van der Waals surface area (Å²) in [6, 6.07) is 11.2. The first kappa shape index (κ1) is 23.5. The second-order valence-corrected chi connectivity index (χ2v) is 11.0. The minimum absolute atomic E-state index is 0.0939. The molecule has 0 radical (unpaired) electrons. The first-order valence-electron chi connectivity index (χ1n) is 11.1. The molecule has 0 atom stereocenters. The van der Waals surface area contributed by atoms with Crippen molar-refractivity contribution in [1.29, 1.82) is 0 Å². The molecule has 2 aliphatic rings. The largest absolute Gasteiger partial charge is 0.486 e. The number of fused-ring (bicyclic) bond motifs is 1. The van der Waals surface area contributed by atoms with E-state index in [9.17, 15) is 17.6 Å². The molecule has 2 aromatic rings. The summed E-state index contributed by atoms with van der Waals surface area (Å²) in [4.78, 5) is 12.5. The van der Waals surface area contributed by atoms with Gasteiger partial charge in [0.15, 0.2) is 11.5 Å². The molecule has 2 aromatic carbocycles. The second kappa shape index (κ2) is 9.30. The first-order chi connectivity index (χ1) is 15.7. The van der Waals surface area contributed by atoms with Crippen molar-refractivity contribution in [2.24, 2.45) is 5.92 Å². The molecule has 1 N–H and O–H groups in total. The van der Waals surface area contributed by atoms with E-state index in [2.05, 4.69) is 5.32 Å². The highest BCUT2D eigenvalue weighted by Crippen LogP contribution is 2.35. The third kappa shape index (κ3) is 4.99. The Kier molecular flexibility index (Phi) is 6.63. The molecule has 1 amide bonds. The Balaban J connectivity index is 1.33. The van der Waals surface area contributed by atoms with Crippen LogP contribution in [0.3, 0.4) is 0 Å². The van der Waals surface area contributed by atoms with Crippen LogP contribution in [-0.2, 0) is 20.2 Å². The van der Waals surface area contributed by atoms with Crippen LogP contribution < -0.4 is 14.8 Å². The summed E-state index contributed by atoms with van der Waals surface area (Å²) in [5.74, 6) is 0.291. The number of carbonyl (C=O) groups excluding carboxylic acids is 1. The van der Waals surface area contributed by atoms with E-state index >= 15 is 0 Å². The highest BCUT2D eigenvalue weighted by atomic mass is 32.2. The maximum absolute atomic E-state index is 14.0. The molecule has 33 heavy (non-hydrogen) atoms. The predicted molar refractivity (Wildman–Crippen MR) is 121 cm³/mol. The summed E-state index contributed by atoms with van der Waals surface area (Å²) in [5.41, 5.74) is 0.693. The molecular formula is C24H29FN2O5S. The fraction of sp³-hybridized carbons (Fsp3) is 0.458. The van der Waals surface area contributed by atoms with Crippen molar-refractivity contribution in [3.05, 3.63) is 53.8 Å². The average molecular weight is 477 g/mol. The molecule has 0 saturated carbocycles. The fourth-order valence-electron chi connectivity index (χ4n) is 4.17. The monoisotopic (exact) mass is 476 g/mol. The SMILES string of the molecule is CC(C)(CNC(=O)C1CCN(S(=O)(=O)c2ccccc2F)CC1)c1ccc2c(c1)OCCO2. The van der Waals surface area contributed by atoms with Gasteiger partial charge in [-0.15, -0.1) is 0 Å². The van der Waals surface area contributed by atoms with Gasteiger partial charge in [-0.05, 0) is 42.7 Å². The Hall–Kier alpha value is -2.65. The molecule has 2 aliphatic heterocycles. The van der Waals surface area contributed by atoms with Gasteiger partial charge in [-0.1, -0.05) is 32.0 Å². The van der Waals surface area contributed by atoms with Crippen LogP contribution in [0.25, 0.3) is 0 Å². The van der Waals surface area contributed by atoms with E-state index in [-0.39, 0.29) is 35.2 Å². The van der Waals surface area contributed by atoms with E-state index in [1.165, 1.54) is 22.5 Å². The zero-order chi connectivity index (χ0) is 23.6. The van der Waals surface area contributed by atoms with E-state index in [0.717, 1.165) is 17.4 Å². The molecule has 4 rings (SSSR count). The van der Waals surface area contributed by atoms with Crippen molar-refractivity contribution in [2.75, 3.05) is 32.8 Å². The van der Waals surface area contributed by atoms with Gasteiger partial charge in [0.2, 0.25) is 15.9 Å². The number of ether oxygens (including phenoxy) is 2. The lowest BCUT2D eigenvalue weighted by Crippen LogP contribution is -2.45. The molecule has 7 nitrogen and oxygen atoms in total. The zero-order valence-corrected chi connectivity index (χ0v) is 19.7. The number of rotatable bonds is 6. The maximum atomic E-state index is 14.0. The van der Waals surface area contributed by atoms with Gasteiger partial charge < -0.3 is 14.8 Å². The summed E-state index contributed by atoms with van der Waals surface area (Å²) in [6.45, 7) is 5.93. The van der Waals surface area contributed by atoms with Crippen molar-refractivity contribution < 1.29 is 27.1 Å². The van der Waals surface area contributed by atoms with Crippen LogP contribution >= 0.6 is 0 Å². The third-order valence-corrected chi connectivity index (χ3v) is 8.24. The highest BCUT2D eigenvalue weighted by Gasteiger charge is 2.34. The number of sulfonamides is 1. The van der Waals surface area contributed by atoms with E-state index in [0.29, 0.717) is 38.3 Å². The van der Waals surface area contributed by atoms with Crippen molar-refractivity contribution in [1.82, 2.24) is 9.62 Å². The summed E-state index contributed by atoms with van der Waals surface area (Å²) in [7, 11) is -3.92. The van der Waals surface area contributed by atoms with Crippen LogP contribution in [0.5, 0.6) is 11.5 Å². The molecule has 1 saturated heterocycles. The van der Waals surface area contributed by atoms with E-state index < -0.39 is 15.8 Å². The minimum Gasteiger partial charge on any atom is -0.486 e. The van der Waals surface area contributed by atoms with Crippen LogP contribution in [-0.4, -0.2) is 51.5 Å². The Morgan fingerprint density at radius 2 is 1.76 bits per heavy atom. The van der Waals surface area contributed by atoms with Gasteiger partial charge in [0.25, 0.3) is 0 Å². The van der Waals surface area contributed by atoms with Crippen molar-refractivity contribution >= 4 is 15.9 Å². The third-order valence-electron chi connectivity index (χ3n) is 6.31. The van der Waals surface area contributed by atoms with Gasteiger partial charge in [-0.3, -0.25) is 4.79 Å². The Bertz CT molecular complexity index is 1130. The van der Waals surface area contributed by atoms with Gasteiger partial charge >= 0.3 is 0 Å². The molecule has 1 fully saturated rings. The number of nitrogens with zero attached hydrogens (tertiary/aromatic N) is 1. The van der Waals surface area contributed by atoms with E-state index in [1.807, 2.05) is 32.0 Å². The zero-order valence-electron chi connectivity index (χ0n) is 18.8. The lowest BCUT2D eigenvalue weighted by Gasteiger charge is -2.32. The second-order valence-electron chi connectivity index (χ2n) is 9.07. The molecule has 0 aliphatic carbocycles. The van der Waals surface area contributed by atoms with Gasteiger partial charge in [-0.25, -0.2) is 12.8 Å². The Labute approximate surface area is 193 Å². The maximum Gasteiger partial charge on any atom is 0.245 e. The standard InChI is InChI=1S/C24H29FN2O5S/c1-24(2,18-7-8-20-21(15-18)32-14-13-31-20)16-26-23(28)17-9-11-27(12-10-17)33(29,30)22-6-4-3-5-19(22)25/h3-8,15,17H,9-14,16H2,1-2H3,(H,26,28). The highest BCUT2D eigenvalue weighted by molar-refractivity contribution is 7.89. The number of hydrogen-bond donors (Lipinski definition) is 1. The molecule has 9 heteroatoms. The van der Waals surface area contributed by atoms with E-state index in [4.69, 9.17) is 9.47 Å². The van der Waals surface area contributed by atoms with Crippen LogP contribution in [0.2, 0.25) is 0 Å². The summed E-state index contributed by atoms with van der Waals surface area (Å²) in [5, 5.41) is 3.03. The topological polar surface area (TPSA) is 84.9 Å². The van der Waals surface area contributed by atoms with Gasteiger partial charge in [0.05, 0.1) is 0 Å². The number of piperidine rings is 1. The molecule has 0 bridgehead atoms. The molecular weight excluding hydrogens is 447 g/mol. The Morgan fingerprint density at radius 3 is 2.45 bits per heavy atom. The van der Waals surface area contributed by atoms with Crippen molar-refractivity contribution in [3.8, 4) is 11.5 Å². The summed E-state index contributed by atoms with van der Waals surface area (Å²) < 4.78 is 52.0. The lowest BCUT2D eigenvalue weighted by atomic mass is 9.84. The van der Waals surface area contributed by atoms with Crippen LogP contribution in [0.15, 0.2) is 47.4 Å². The number of nitrogens with one attached hydrogen (secondary N) is 1. The quantitative estimate of drug-likeness (QED) is 0.693. The Morgan fingerprint density at radius 1 is 1.09 bits per heavy atom. The van der Waals surface area contributed by atoms with Gasteiger partial charge in [0, 0.05) is 31.0 Å². The first-order valence-corrected chi connectivity index (χ1v) is 12.5. The number of halogens is 1. The van der Waals surface area contributed by atoms with Crippen molar-refractivity contribution in [2.45, 2.75) is 37.0 Å². The van der Waals surface area contributed by atoms with Crippen molar-refractivity contribution in [3.63, 3.8) is 0 Å². The van der Waals surface area contributed by atoms with Crippen LogP contribution in [0, 0.1) is 11.7 Å². The molecule has 2 heterocycles. The summed E-state index contributed by atoms with van der Waals surface area (Å²) >= 11 is 0. The normalized spacial score (nSPS) is 17.5. The number of carbonyl (C=O) groups is 1.